The van der Waals surface area contributed by atoms with Crippen LogP contribution < -0.4 is 15.0 Å². The molecule has 1 aliphatic heterocycles. The molecule has 40 heavy (non-hydrogen) atoms. The highest BCUT2D eigenvalue weighted by molar-refractivity contribution is 9.10. The Morgan fingerprint density at radius 2 is 1.52 bits per heavy atom. The number of carbonyl (C=O) groups excluding carboxylic acids is 2. The molecule has 0 spiro atoms. The monoisotopic (exact) mass is 613 g/mol. The summed E-state index contributed by atoms with van der Waals surface area (Å²) < 4.78 is 9.07. The zero-order valence-corrected chi connectivity index (χ0v) is 24.8. The third-order valence-corrected chi connectivity index (χ3v) is 7.70. The van der Waals surface area contributed by atoms with Gasteiger partial charge in [0.15, 0.2) is 5.11 Å². The number of nitrogens with one attached hydrogen (secondary N) is 1. The van der Waals surface area contributed by atoms with Crippen molar-refractivity contribution in [2.45, 2.75) is 33.8 Å². The smallest absolute Gasteiger partial charge is 0.270 e. The molecule has 202 valence electrons. The first-order chi connectivity index (χ1) is 19.2. The molecule has 1 aliphatic rings. The van der Waals surface area contributed by atoms with E-state index in [1.54, 1.807) is 6.08 Å². The summed E-state index contributed by atoms with van der Waals surface area (Å²) in [7, 11) is 0. The van der Waals surface area contributed by atoms with Gasteiger partial charge < -0.3 is 9.30 Å². The fraction of sp³-hybridized carbons (Fsp3) is 0.156. The van der Waals surface area contributed by atoms with Crippen molar-refractivity contribution in [3.63, 3.8) is 0 Å². The van der Waals surface area contributed by atoms with Gasteiger partial charge in [0.25, 0.3) is 11.8 Å². The Kier molecular flexibility index (Phi) is 8.00. The Balaban J connectivity index is 1.38. The van der Waals surface area contributed by atoms with Crippen molar-refractivity contribution in [2.75, 3.05) is 4.90 Å². The SMILES string of the molecule is CCc1ccc(N2C(=O)/C(=C/c3cc(C)n(-c4ccc(OCc5ccc(Br)cc5)cc4)c3C)C(=O)NC2=S)cc1. The third-order valence-electron chi connectivity index (χ3n) is 6.89. The summed E-state index contributed by atoms with van der Waals surface area (Å²) in [5.74, 6) is -0.187. The van der Waals surface area contributed by atoms with E-state index in [1.807, 2.05) is 92.7 Å². The van der Waals surface area contributed by atoms with Gasteiger partial charge in [-0.05, 0) is 110 Å². The molecule has 4 aromatic rings. The lowest BCUT2D eigenvalue weighted by Crippen LogP contribution is -2.54. The molecular weight excluding hydrogens is 586 g/mol. The van der Waals surface area contributed by atoms with E-state index < -0.39 is 11.8 Å². The summed E-state index contributed by atoms with van der Waals surface area (Å²) in [6, 6.07) is 25.4. The lowest BCUT2D eigenvalue weighted by Gasteiger charge is -2.29. The number of rotatable bonds is 7. The number of anilines is 1. The third kappa shape index (κ3) is 5.64. The first-order valence-electron chi connectivity index (χ1n) is 12.9. The summed E-state index contributed by atoms with van der Waals surface area (Å²) >= 11 is 8.80. The molecule has 0 atom stereocenters. The molecule has 0 aliphatic carbocycles. The highest BCUT2D eigenvalue weighted by Crippen LogP contribution is 2.27. The van der Waals surface area contributed by atoms with E-state index in [-0.39, 0.29) is 10.7 Å². The van der Waals surface area contributed by atoms with Gasteiger partial charge in [0.2, 0.25) is 0 Å². The van der Waals surface area contributed by atoms with Gasteiger partial charge in [-0.1, -0.05) is 47.1 Å². The van der Waals surface area contributed by atoms with Crippen LogP contribution in [-0.4, -0.2) is 21.5 Å². The fourth-order valence-corrected chi connectivity index (χ4v) is 5.24. The normalized spacial score (nSPS) is 14.6. The van der Waals surface area contributed by atoms with Crippen molar-refractivity contribution in [2.24, 2.45) is 0 Å². The summed E-state index contributed by atoms with van der Waals surface area (Å²) in [6.07, 6.45) is 2.53. The molecule has 6 nitrogen and oxygen atoms in total. The molecule has 3 aromatic carbocycles. The Hall–Kier alpha value is -4.01. The van der Waals surface area contributed by atoms with E-state index in [9.17, 15) is 9.59 Å². The van der Waals surface area contributed by atoms with Gasteiger partial charge >= 0.3 is 0 Å². The maximum atomic E-state index is 13.5. The largest absolute Gasteiger partial charge is 0.489 e. The maximum Gasteiger partial charge on any atom is 0.270 e. The van der Waals surface area contributed by atoms with Crippen LogP contribution in [0.25, 0.3) is 11.8 Å². The minimum absolute atomic E-state index is 0.0325. The first kappa shape index (κ1) is 27.6. The average Bonchev–Trinajstić information content (AvgIpc) is 3.23. The molecule has 1 N–H and O–H groups in total. The summed E-state index contributed by atoms with van der Waals surface area (Å²) in [4.78, 5) is 27.7. The molecule has 0 unspecified atom stereocenters. The first-order valence-corrected chi connectivity index (χ1v) is 14.1. The van der Waals surface area contributed by atoms with Crippen molar-refractivity contribution in [1.82, 2.24) is 9.88 Å². The molecule has 2 heterocycles. The molecule has 1 aromatic heterocycles. The number of thiocarbonyl (C=S) groups is 1. The number of hydrogen-bond acceptors (Lipinski definition) is 4. The molecular formula is C32H28BrN3O3S. The van der Waals surface area contributed by atoms with Crippen LogP contribution in [0, 0.1) is 13.8 Å². The summed E-state index contributed by atoms with van der Waals surface area (Å²) in [5, 5.41) is 2.74. The van der Waals surface area contributed by atoms with E-state index in [1.165, 1.54) is 4.90 Å². The van der Waals surface area contributed by atoms with E-state index >= 15 is 0 Å². The predicted molar refractivity (Wildman–Crippen MR) is 166 cm³/mol. The van der Waals surface area contributed by atoms with Gasteiger partial charge in [-0.15, -0.1) is 0 Å². The highest BCUT2D eigenvalue weighted by Gasteiger charge is 2.34. The van der Waals surface area contributed by atoms with Crippen LogP contribution in [0.5, 0.6) is 5.75 Å². The van der Waals surface area contributed by atoms with E-state index in [4.69, 9.17) is 17.0 Å². The van der Waals surface area contributed by atoms with Crippen LogP contribution in [0.15, 0.2) is 88.9 Å². The molecule has 2 amide bonds. The Morgan fingerprint density at radius 1 is 0.900 bits per heavy atom. The van der Waals surface area contributed by atoms with Crippen LogP contribution >= 0.6 is 28.1 Å². The molecule has 8 heteroatoms. The Morgan fingerprint density at radius 3 is 2.17 bits per heavy atom. The van der Waals surface area contributed by atoms with Gasteiger partial charge in [0.1, 0.15) is 17.9 Å². The number of benzene rings is 3. The number of carbonyl (C=O) groups is 2. The van der Waals surface area contributed by atoms with Crippen molar-refractivity contribution >= 4 is 56.8 Å². The number of aromatic nitrogens is 1. The molecule has 0 saturated carbocycles. The minimum Gasteiger partial charge on any atom is -0.489 e. The van der Waals surface area contributed by atoms with Gasteiger partial charge in [0, 0.05) is 21.5 Å². The number of ether oxygens (including phenoxy) is 1. The van der Waals surface area contributed by atoms with Crippen molar-refractivity contribution in [3.05, 3.63) is 117 Å². The second-order valence-electron chi connectivity index (χ2n) is 9.55. The maximum absolute atomic E-state index is 13.5. The molecule has 1 fully saturated rings. The Labute approximate surface area is 247 Å². The standard InChI is InChI=1S/C32H28BrN3O3S/c1-4-22-7-11-27(12-8-22)36-31(38)29(30(37)34-32(36)40)18-24-17-20(2)35(21(24)3)26-13-15-28(16-14-26)39-19-23-5-9-25(33)10-6-23/h5-18H,4,19H2,1-3H3,(H,34,37,40)/b29-18+. The highest BCUT2D eigenvalue weighted by atomic mass is 79.9. The lowest BCUT2D eigenvalue weighted by molar-refractivity contribution is -0.122. The second kappa shape index (κ2) is 11.6. The second-order valence-corrected chi connectivity index (χ2v) is 10.9. The zero-order chi connectivity index (χ0) is 28.4. The van der Waals surface area contributed by atoms with Crippen molar-refractivity contribution in [3.8, 4) is 11.4 Å². The Bertz CT molecular complexity index is 1620. The number of amides is 2. The fourth-order valence-electron chi connectivity index (χ4n) is 4.70. The van der Waals surface area contributed by atoms with Crippen LogP contribution in [0.3, 0.4) is 0 Å². The molecule has 0 bridgehead atoms. The summed E-state index contributed by atoms with van der Waals surface area (Å²) in [5.41, 5.74) is 6.49. The number of nitrogens with zero attached hydrogens (tertiary/aromatic N) is 2. The number of aryl methyl sites for hydroxylation is 2. The van der Waals surface area contributed by atoms with Crippen LogP contribution in [-0.2, 0) is 22.6 Å². The van der Waals surface area contributed by atoms with E-state index in [0.717, 1.165) is 50.4 Å². The predicted octanol–water partition coefficient (Wildman–Crippen LogP) is 6.83. The zero-order valence-electron chi connectivity index (χ0n) is 22.4. The van der Waals surface area contributed by atoms with Crippen molar-refractivity contribution in [1.29, 1.82) is 0 Å². The number of hydrogen-bond donors (Lipinski definition) is 1. The molecule has 0 radical (unpaired) electrons. The quantitative estimate of drug-likeness (QED) is 0.141. The van der Waals surface area contributed by atoms with Gasteiger partial charge in [-0.3, -0.25) is 19.8 Å². The summed E-state index contributed by atoms with van der Waals surface area (Å²) in [6.45, 7) is 6.50. The van der Waals surface area contributed by atoms with Gasteiger partial charge in [-0.2, -0.15) is 0 Å². The minimum atomic E-state index is -0.506. The van der Waals surface area contributed by atoms with Crippen LogP contribution in [0.2, 0.25) is 0 Å². The average molecular weight is 615 g/mol. The van der Waals surface area contributed by atoms with Gasteiger partial charge in [0.05, 0.1) is 5.69 Å². The lowest BCUT2D eigenvalue weighted by atomic mass is 10.1. The topological polar surface area (TPSA) is 63.6 Å². The van der Waals surface area contributed by atoms with Crippen LogP contribution in [0.1, 0.15) is 35.0 Å². The molecule has 5 rings (SSSR count). The van der Waals surface area contributed by atoms with Crippen LogP contribution in [0.4, 0.5) is 5.69 Å². The molecule has 1 saturated heterocycles. The number of halogens is 1. The van der Waals surface area contributed by atoms with E-state index in [0.29, 0.717) is 12.3 Å². The van der Waals surface area contributed by atoms with E-state index in [2.05, 4.69) is 32.7 Å². The van der Waals surface area contributed by atoms with Gasteiger partial charge in [-0.25, -0.2) is 0 Å². The van der Waals surface area contributed by atoms with Crippen molar-refractivity contribution < 1.29 is 14.3 Å².